The van der Waals surface area contributed by atoms with Crippen molar-refractivity contribution in [2.75, 3.05) is 22.4 Å². The molecule has 1 N–H and O–H groups in total. The van der Waals surface area contributed by atoms with E-state index in [1.807, 2.05) is 0 Å². The second-order valence-corrected chi connectivity index (χ2v) is 10.6. The number of benzene rings is 2. The van der Waals surface area contributed by atoms with E-state index < -0.39 is 10.0 Å². The number of hydrogen-bond acceptors (Lipinski definition) is 7. The number of thioether (sulfide) groups is 1. The van der Waals surface area contributed by atoms with Gasteiger partial charge in [0.05, 0.1) is 10.6 Å². The van der Waals surface area contributed by atoms with Gasteiger partial charge in [-0.3, -0.25) is 14.4 Å². The average Bonchev–Trinajstić information content (AvgIpc) is 3.19. The number of halogens is 1. The standard InChI is InChI=1S/C19H17ClN4O3S3/c1-3-12-28-19-23-22-18(29-19)21-17(25)13-4-8-15(9-5-13)24(2)30(26,27)16-10-6-14(20)7-11-16/h3-11H,1,12H2,2H3,(H,21,22,25). The van der Waals surface area contributed by atoms with E-state index in [0.29, 0.717) is 27.2 Å². The summed E-state index contributed by atoms with van der Waals surface area (Å²) in [5.74, 6) is 0.345. The summed E-state index contributed by atoms with van der Waals surface area (Å²) in [5, 5.41) is 11.5. The largest absolute Gasteiger partial charge is 0.296 e. The third-order valence-electron chi connectivity index (χ3n) is 3.92. The van der Waals surface area contributed by atoms with Crippen LogP contribution in [0.15, 0.2) is 70.4 Å². The molecule has 0 atom stereocenters. The zero-order chi connectivity index (χ0) is 21.7. The van der Waals surface area contributed by atoms with Gasteiger partial charge in [-0.05, 0) is 48.5 Å². The van der Waals surface area contributed by atoms with E-state index in [1.54, 1.807) is 30.3 Å². The molecule has 0 saturated carbocycles. The fourth-order valence-corrected chi connectivity index (χ4v) is 5.17. The van der Waals surface area contributed by atoms with E-state index in [2.05, 4.69) is 22.1 Å². The van der Waals surface area contributed by atoms with Gasteiger partial charge in [-0.2, -0.15) is 0 Å². The first-order valence-electron chi connectivity index (χ1n) is 8.54. The van der Waals surface area contributed by atoms with Crippen molar-refractivity contribution < 1.29 is 13.2 Å². The van der Waals surface area contributed by atoms with Crippen molar-refractivity contribution in [3.8, 4) is 0 Å². The maximum absolute atomic E-state index is 12.8. The van der Waals surface area contributed by atoms with Gasteiger partial charge in [0.25, 0.3) is 15.9 Å². The molecule has 0 saturated heterocycles. The highest BCUT2D eigenvalue weighted by atomic mass is 35.5. The number of amides is 1. The van der Waals surface area contributed by atoms with Crippen molar-refractivity contribution in [3.05, 3.63) is 71.8 Å². The van der Waals surface area contributed by atoms with Crippen molar-refractivity contribution in [1.82, 2.24) is 10.2 Å². The number of rotatable bonds is 8. The third kappa shape index (κ3) is 5.20. The van der Waals surface area contributed by atoms with Crippen LogP contribution in [0.3, 0.4) is 0 Å². The molecule has 0 unspecified atom stereocenters. The molecule has 0 aliphatic rings. The molecule has 0 aliphatic carbocycles. The quantitative estimate of drug-likeness (QED) is 0.289. The minimum Gasteiger partial charge on any atom is -0.296 e. The Morgan fingerprint density at radius 2 is 1.87 bits per heavy atom. The minimum atomic E-state index is -3.75. The van der Waals surface area contributed by atoms with Crippen LogP contribution in [0.4, 0.5) is 10.8 Å². The predicted octanol–water partition coefficient (Wildman–Crippen LogP) is 4.55. The molecule has 2 aromatic carbocycles. The summed E-state index contributed by atoms with van der Waals surface area (Å²) in [4.78, 5) is 12.6. The maximum Gasteiger partial charge on any atom is 0.264 e. The Hall–Kier alpha value is -2.40. The lowest BCUT2D eigenvalue weighted by molar-refractivity contribution is 0.102. The lowest BCUT2D eigenvalue weighted by Gasteiger charge is -2.19. The van der Waals surface area contributed by atoms with E-state index in [4.69, 9.17) is 11.6 Å². The molecule has 0 fully saturated rings. The number of sulfonamides is 1. The first-order chi connectivity index (χ1) is 14.3. The Kier molecular flexibility index (Phi) is 7.14. The molecule has 30 heavy (non-hydrogen) atoms. The van der Waals surface area contributed by atoms with Crippen LogP contribution in [-0.4, -0.2) is 37.3 Å². The van der Waals surface area contributed by atoms with E-state index in [0.717, 1.165) is 8.64 Å². The monoisotopic (exact) mass is 480 g/mol. The molecule has 1 aromatic heterocycles. The van der Waals surface area contributed by atoms with Crippen LogP contribution in [-0.2, 0) is 10.0 Å². The lowest BCUT2D eigenvalue weighted by atomic mass is 10.2. The van der Waals surface area contributed by atoms with E-state index in [9.17, 15) is 13.2 Å². The molecule has 0 spiro atoms. The smallest absolute Gasteiger partial charge is 0.264 e. The molecular formula is C19H17ClN4O3S3. The molecule has 0 aliphatic heterocycles. The summed E-state index contributed by atoms with van der Waals surface area (Å²) < 4.78 is 27.4. The summed E-state index contributed by atoms with van der Waals surface area (Å²) in [6.45, 7) is 3.65. The molecule has 3 aromatic rings. The van der Waals surface area contributed by atoms with Gasteiger partial charge in [0, 0.05) is 23.4 Å². The number of carbonyl (C=O) groups is 1. The predicted molar refractivity (Wildman–Crippen MR) is 122 cm³/mol. The third-order valence-corrected chi connectivity index (χ3v) is 7.94. The van der Waals surface area contributed by atoms with Crippen molar-refractivity contribution in [1.29, 1.82) is 0 Å². The van der Waals surface area contributed by atoms with Crippen LogP contribution in [0.2, 0.25) is 5.02 Å². The number of nitrogens with zero attached hydrogens (tertiary/aromatic N) is 3. The van der Waals surface area contributed by atoms with Gasteiger partial charge in [-0.15, -0.1) is 16.8 Å². The van der Waals surface area contributed by atoms with Gasteiger partial charge < -0.3 is 0 Å². The SMILES string of the molecule is C=CCSc1nnc(NC(=O)c2ccc(N(C)S(=O)(=O)c3ccc(Cl)cc3)cc2)s1. The van der Waals surface area contributed by atoms with Crippen LogP contribution < -0.4 is 9.62 Å². The summed E-state index contributed by atoms with van der Waals surface area (Å²) >= 11 is 8.57. The van der Waals surface area contributed by atoms with Crippen LogP contribution in [0.1, 0.15) is 10.4 Å². The second kappa shape index (κ2) is 9.61. The number of carbonyl (C=O) groups excluding carboxylic acids is 1. The normalized spacial score (nSPS) is 11.1. The van der Waals surface area contributed by atoms with Gasteiger partial charge in [0.2, 0.25) is 5.13 Å². The highest BCUT2D eigenvalue weighted by molar-refractivity contribution is 8.01. The maximum atomic E-state index is 12.8. The van der Waals surface area contributed by atoms with Crippen molar-refractivity contribution in [2.24, 2.45) is 0 Å². The molecule has 0 radical (unpaired) electrons. The van der Waals surface area contributed by atoms with Crippen molar-refractivity contribution in [3.63, 3.8) is 0 Å². The van der Waals surface area contributed by atoms with Crippen molar-refractivity contribution >= 4 is 61.4 Å². The highest BCUT2D eigenvalue weighted by Crippen LogP contribution is 2.26. The lowest BCUT2D eigenvalue weighted by Crippen LogP contribution is -2.26. The Morgan fingerprint density at radius 3 is 2.50 bits per heavy atom. The van der Waals surface area contributed by atoms with Crippen LogP contribution >= 0.6 is 34.7 Å². The zero-order valence-electron chi connectivity index (χ0n) is 15.8. The molecule has 156 valence electrons. The van der Waals surface area contributed by atoms with Gasteiger partial charge in [-0.25, -0.2) is 8.42 Å². The first-order valence-corrected chi connectivity index (χ1v) is 12.2. The Bertz CT molecular complexity index is 1150. The van der Waals surface area contributed by atoms with E-state index >= 15 is 0 Å². The fourth-order valence-electron chi connectivity index (χ4n) is 2.34. The summed E-state index contributed by atoms with van der Waals surface area (Å²) in [5.41, 5.74) is 0.784. The molecule has 7 nitrogen and oxygen atoms in total. The minimum absolute atomic E-state index is 0.123. The molecule has 0 bridgehead atoms. The topological polar surface area (TPSA) is 92.3 Å². The van der Waals surface area contributed by atoms with Crippen molar-refractivity contribution in [2.45, 2.75) is 9.24 Å². The summed E-state index contributed by atoms with van der Waals surface area (Å²) in [7, 11) is -2.30. The first kappa shape index (κ1) is 22.3. The molecular weight excluding hydrogens is 464 g/mol. The van der Waals surface area contributed by atoms with Gasteiger partial charge in [-0.1, -0.05) is 40.8 Å². The van der Waals surface area contributed by atoms with Gasteiger partial charge in [0.1, 0.15) is 0 Å². The van der Waals surface area contributed by atoms with Gasteiger partial charge in [0.15, 0.2) is 4.34 Å². The average molecular weight is 481 g/mol. The summed E-state index contributed by atoms with van der Waals surface area (Å²) in [6.07, 6.45) is 1.76. The fraction of sp³-hybridized carbons (Fsp3) is 0.105. The molecule has 3 rings (SSSR count). The number of nitrogens with one attached hydrogen (secondary N) is 1. The summed E-state index contributed by atoms with van der Waals surface area (Å²) in [6, 6.07) is 12.1. The van der Waals surface area contributed by atoms with Crippen LogP contribution in [0.25, 0.3) is 0 Å². The number of aromatic nitrogens is 2. The van der Waals surface area contributed by atoms with E-state index in [1.165, 1.54) is 54.4 Å². The Balaban J connectivity index is 1.70. The molecule has 11 heteroatoms. The number of hydrogen-bond donors (Lipinski definition) is 1. The highest BCUT2D eigenvalue weighted by Gasteiger charge is 2.21. The Labute approximate surface area is 187 Å². The number of anilines is 2. The van der Waals surface area contributed by atoms with Crippen LogP contribution in [0, 0.1) is 0 Å². The second-order valence-electron chi connectivity index (χ2n) is 5.90. The zero-order valence-corrected chi connectivity index (χ0v) is 19.0. The molecule has 1 amide bonds. The molecule has 1 heterocycles. The van der Waals surface area contributed by atoms with Crippen LogP contribution in [0.5, 0.6) is 0 Å². The van der Waals surface area contributed by atoms with E-state index in [-0.39, 0.29) is 10.8 Å². The Morgan fingerprint density at radius 1 is 1.20 bits per heavy atom. The van der Waals surface area contributed by atoms with Gasteiger partial charge >= 0.3 is 0 Å².